The van der Waals surface area contributed by atoms with Crippen molar-refractivity contribution in [2.75, 3.05) is 0 Å². The molecule has 12 nitrogen and oxygen atoms in total. The topological polar surface area (TPSA) is 191 Å². The first kappa shape index (κ1) is 33.5. The first-order valence-corrected chi connectivity index (χ1v) is 18.7. The van der Waals surface area contributed by atoms with Gasteiger partial charge in [-0.1, -0.05) is 47.5 Å². The Morgan fingerprint density at radius 3 is 1.78 bits per heavy atom. The predicted molar refractivity (Wildman–Crippen MR) is 148 cm³/mol. The van der Waals surface area contributed by atoms with Crippen LogP contribution in [0.2, 0.25) is 0 Å². The lowest BCUT2D eigenvalue weighted by Crippen LogP contribution is -2.62. The van der Waals surface area contributed by atoms with E-state index in [1.807, 2.05) is 6.92 Å². The maximum atomic E-state index is 12.0. The van der Waals surface area contributed by atoms with Gasteiger partial charge in [0.05, 0.1) is 6.10 Å². The minimum atomic E-state index is -5.06. The lowest BCUT2D eigenvalue weighted by molar-refractivity contribution is -0.184. The molecule has 11 atom stereocenters. The van der Waals surface area contributed by atoms with Crippen LogP contribution >= 0.6 is 0 Å². The SMILES string of the molecule is CC(C)CC[C@@H](C)[C@H]1CC[C@H]2[C@@H]3C[C@H](OS(=O)(=O)O)[C@H]4C[C@H](OS(=O)(=O)O)[C@@H](OS(=O)(=O)O)C[C@]4(C)[C@H]3CC[C@]12C. The summed E-state index contributed by atoms with van der Waals surface area (Å²) in [6.45, 7) is 11.0. The van der Waals surface area contributed by atoms with Crippen LogP contribution in [-0.2, 0) is 43.7 Å². The van der Waals surface area contributed by atoms with E-state index >= 15 is 0 Å². The number of hydrogen-bond acceptors (Lipinski definition) is 9. The molecule has 4 aliphatic carbocycles. The van der Waals surface area contributed by atoms with E-state index in [2.05, 4.69) is 27.7 Å². The highest BCUT2D eigenvalue weighted by molar-refractivity contribution is 7.81. The fourth-order valence-electron chi connectivity index (χ4n) is 9.80. The van der Waals surface area contributed by atoms with Crippen molar-refractivity contribution in [2.24, 2.45) is 52.3 Å². The van der Waals surface area contributed by atoms with Gasteiger partial charge in [0.25, 0.3) is 0 Å². The Bertz CT molecular complexity index is 1280. The first-order chi connectivity index (χ1) is 18.6. The van der Waals surface area contributed by atoms with E-state index in [0.29, 0.717) is 24.2 Å². The summed E-state index contributed by atoms with van der Waals surface area (Å²) in [5.74, 6) is 1.24. The molecular formula is C26H46O12S3. The molecule has 15 heteroatoms. The van der Waals surface area contributed by atoms with E-state index in [1.54, 1.807) is 0 Å². The zero-order chi connectivity index (χ0) is 30.8. The van der Waals surface area contributed by atoms with Crippen molar-refractivity contribution in [1.82, 2.24) is 0 Å². The van der Waals surface area contributed by atoms with Gasteiger partial charge >= 0.3 is 31.2 Å². The van der Waals surface area contributed by atoms with Gasteiger partial charge < -0.3 is 0 Å². The van der Waals surface area contributed by atoms with Crippen molar-refractivity contribution in [2.45, 2.75) is 111 Å². The van der Waals surface area contributed by atoms with E-state index in [-0.39, 0.29) is 36.0 Å². The van der Waals surface area contributed by atoms with Gasteiger partial charge in [-0.3, -0.25) is 13.7 Å². The predicted octanol–water partition coefficient (Wildman–Crippen LogP) is 4.50. The van der Waals surface area contributed by atoms with Crippen molar-refractivity contribution >= 4 is 31.2 Å². The molecule has 0 aromatic rings. The lowest BCUT2D eigenvalue weighted by atomic mass is 9.43. The second kappa shape index (κ2) is 11.5. The van der Waals surface area contributed by atoms with Crippen LogP contribution in [0.4, 0.5) is 0 Å². The summed E-state index contributed by atoms with van der Waals surface area (Å²) in [4.78, 5) is 0. The Morgan fingerprint density at radius 1 is 0.683 bits per heavy atom. The molecule has 0 aromatic heterocycles. The molecule has 240 valence electrons. The Morgan fingerprint density at radius 2 is 1.22 bits per heavy atom. The van der Waals surface area contributed by atoms with Crippen molar-refractivity contribution in [3.8, 4) is 0 Å². The molecule has 41 heavy (non-hydrogen) atoms. The van der Waals surface area contributed by atoms with Crippen LogP contribution in [-0.4, -0.2) is 57.2 Å². The van der Waals surface area contributed by atoms with Crippen LogP contribution in [0, 0.1) is 52.3 Å². The molecule has 4 rings (SSSR count). The standard InChI is InChI=1S/C26H46O12S3/c1-15(2)6-7-16(3)18-8-9-19-17-12-22(36-39(27,28)29)21-13-23(37-40(30,31)32)24(38-41(33,34)35)14-26(21,5)20(17)10-11-25(18,19)4/h15-24H,6-14H2,1-5H3,(H,27,28,29)(H,30,31,32)(H,33,34,35)/t16-,17+,18-,19+,20+,21-,22+,23+,24+,25-,26-/m1/s1. The van der Waals surface area contributed by atoms with Crippen molar-refractivity contribution in [3.05, 3.63) is 0 Å². The molecular weight excluding hydrogens is 600 g/mol. The molecule has 0 bridgehead atoms. The molecule has 4 saturated carbocycles. The van der Waals surface area contributed by atoms with Gasteiger partial charge in [-0.15, -0.1) is 0 Å². The molecule has 0 unspecified atom stereocenters. The molecule has 4 fully saturated rings. The minimum absolute atomic E-state index is 0.00396. The Hall–Kier alpha value is -0.390. The summed E-state index contributed by atoms with van der Waals surface area (Å²) >= 11 is 0. The van der Waals surface area contributed by atoms with Gasteiger partial charge in [0.1, 0.15) is 12.2 Å². The molecule has 0 amide bonds. The molecule has 0 aromatic carbocycles. The van der Waals surface area contributed by atoms with E-state index in [0.717, 1.165) is 38.5 Å². The monoisotopic (exact) mass is 646 g/mol. The van der Waals surface area contributed by atoms with Gasteiger partial charge in [-0.05, 0) is 97.2 Å². The van der Waals surface area contributed by atoms with Gasteiger partial charge in [-0.2, -0.15) is 25.3 Å². The number of fused-ring (bicyclic) bond motifs is 5. The van der Waals surface area contributed by atoms with Crippen LogP contribution in [0.15, 0.2) is 0 Å². The highest BCUT2D eigenvalue weighted by atomic mass is 32.3. The number of rotatable bonds is 10. The summed E-state index contributed by atoms with van der Waals surface area (Å²) < 4.78 is 114. The first-order valence-electron chi connectivity index (χ1n) is 14.6. The zero-order valence-corrected chi connectivity index (χ0v) is 26.8. The van der Waals surface area contributed by atoms with Crippen LogP contribution in [0.1, 0.15) is 92.4 Å². The molecule has 4 aliphatic rings. The molecule has 0 saturated heterocycles. The average Bonchev–Trinajstić information content (AvgIpc) is 3.13. The number of hydrogen-bond donors (Lipinski definition) is 3. The summed E-state index contributed by atoms with van der Waals surface area (Å²) in [6.07, 6.45) is 2.00. The largest absolute Gasteiger partial charge is 0.397 e. The second-order valence-electron chi connectivity index (χ2n) is 14.0. The molecule has 0 heterocycles. The molecule has 0 spiro atoms. The lowest BCUT2D eigenvalue weighted by Gasteiger charge is -2.63. The average molecular weight is 647 g/mol. The van der Waals surface area contributed by atoms with Gasteiger partial charge in [-0.25, -0.2) is 12.5 Å². The van der Waals surface area contributed by atoms with E-state index in [9.17, 15) is 38.9 Å². The van der Waals surface area contributed by atoms with E-state index in [4.69, 9.17) is 12.5 Å². The summed E-state index contributed by atoms with van der Waals surface area (Å²) in [7, 11) is -15.0. The zero-order valence-electron chi connectivity index (χ0n) is 24.4. The Kier molecular flexibility index (Phi) is 9.41. The minimum Gasteiger partial charge on any atom is -0.264 e. The van der Waals surface area contributed by atoms with Crippen molar-refractivity contribution in [1.29, 1.82) is 0 Å². The van der Waals surface area contributed by atoms with Gasteiger partial charge in [0.15, 0.2) is 0 Å². The maximum absolute atomic E-state index is 12.0. The van der Waals surface area contributed by atoms with Crippen LogP contribution in [0.3, 0.4) is 0 Å². The molecule has 0 aliphatic heterocycles. The third-order valence-corrected chi connectivity index (χ3v) is 12.8. The molecule has 0 radical (unpaired) electrons. The normalized spacial score (nSPS) is 42.4. The summed E-state index contributed by atoms with van der Waals surface area (Å²) in [5, 5.41) is 0. The van der Waals surface area contributed by atoms with Crippen molar-refractivity contribution in [3.63, 3.8) is 0 Å². The Labute approximate surface area is 245 Å². The summed E-state index contributed by atoms with van der Waals surface area (Å²) in [6, 6.07) is 0. The van der Waals surface area contributed by atoms with E-state index in [1.165, 1.54) is 0 Å². The fourth-order valence-corrected chi connectivity index (χ4v) is 11.3. The highest BCUT2D eigenvalue weighted by Crippen LogP contribution is 2.69. The smallest absolute Gasteiger partial charge is 0.264 e. The Balaban J connectivity index is 1.70. The second-order valence-corrected chi connectivity index (χ2v) is 17.2. The quantitative estimate of drug-likeness (QED) is 0.282. The third kappa shape index (κ3) is 7.30. The van der Waals surface area contributed by atoms with Crippen LogP contribution < -0.4 is 0 Å². The van der Waals surface area contributed by atoms with Crippen LogP contribution in [0.5, 0.6) is 0 Å². The van der Waals surface area contributed by atoms with Gasteiger partial charge in [0, 0.05) is 0 Å². The van der Waals surface area contributed by atoms with Gasteiger partial charge in [0.2, 0.25) is 0 Å². The third-order valence-electron chi connectivity index (χ3n) is 11.3. The molecule has 3 N–H and O–H groups in total. The highest BCUT2D eigenvalue weighted by Gasteiger charge is 2.65. The fraction of sp³-hybridized carbons (Fsp3) is 1.00. The van der Waals surface area contributed by atoms with Crippen LogP contribution in [0.25, 0.3) is 0 Å². The summed E-state index contributed by atoms with van der Waals surface area (Å²) in [5.41, 5.74) is -0.783. The van der Waals surface area contributed by atoms with E-state index < -0.39 is 60.8 Å². The maximum Gasteiger partial charge on any atom is 0.397 e. The van der Waals surface area contributed by atoms with Crippen molar-refractivity contribution < 1.29 is 51.5 Å².